The first-order chi connectivity index (χ1) is 32.9. The van der Waals surface area contributed by atoms with Gasteiger partial charge in [-0.2, -0.15) is 33.4 Å². The molecule has 0 spiro atoms. The lowest BCUT2D eigenvalue weighted by atomic mass is 10.1. The minimum Gasteiger partial charge on any atom is -0.491 e. The predicted molar refractivity (Wildman–Crippen MR) is 248 cm³/mol. The van der Waals surface area contributed by atoms with Crippen molar-refractivity contribution in [3.63, 3.8) is 0 Å². The number of primary amides is 1. The number of nitrogens with zero attached hydrogens (tertiary/aromatic N) is 11. The van der Waals surface area contributed by atoms with Crippen molar-refractivity contribution >= 4 is 45.8 Å². The smallest absolute Gasteiger partial charge is 0.490 e. The maximum absolute atomic E-state index is 14.0. The van der Waals surface area contributed by atoms with Crippen molar-refractivity contribution in [3.8, 4) is 5.75 Å². The number of carboxylic acids is 1. The van der Waals surface area contributed by atoms with Gasteiger partial charge in [0.1, 0.15) is 22.7 Å². The SMILES string of the molecule is CCn1nc(C)cc1C(=O)N=c1n(C)c2ccccc2n1C/C(C)=C(\C)Cn1c(=NC(=O)c2cc(C)nn2CC)n(C)c2cc(C(N)=O)cc(OCCCN3CCC(F)(F)CC3)c21.O=C(O)C(F)(F)F. The normalized spacial score (nSPS) is 15.0. The molecule has 3 amide bonds. The van der Waals surface area contributed by atoms with Crippen molar-refractivity contribution in [1.82, 2.24) is 42.7 Å². The summed E-state index contributed by atoms with van der Waals surface area (Å²) in [4.78, 5) is 60.8. The lowest BCUT2D eigenvalue weighted by Crippen LogP contribution is -2.40. The average Bonchev–Trinajstić information content (AvgIpc) is 4.03. The van der Waals surface area contributed by atoms with Crippen LogP contribution in [0.5, 0.6) is 5.75 Å². The lowest BCUT2D eigenvalue weighted by Gasteiger charge is -2.31. The van der Waals surface area contributed by atoms with E-state index in [2.05, 4.69) is 15.2 Å². The maximum Gasteiger partial charge on any atom is 0.490 e. The fraction of sp³-hybridized carbons (Fsp3) is 0.447. The van der Waals surface area contributed by atoms with E-state index in [-0.39, 0.29) is 31.6 Å². The number of allylic oxidation sites excluding steroid dienone is 2. The van der Waals surface area contributed by atoms with Crippen molar-refractivity contribution in [2.24, 2.45) is 29.8 Å². The van der Waals surface area contributed by atoms with Gasteiger partial charge < -0.3 is 38.7 Å². The Labute approximate surface area is 398 Å². The molecule has 6 aromatic rings. The van der Waals surface area contributed by atoms with Crippen LogP contribution in [-0.2, 0) is 45.1 Å². The number of piperidine rings is 1. The van der Waals surface area contributed by atoms with Gasteiger partial charge in [-0.15, -0.1) is 0 Å². The van der Waals surface area contributed by atoms with E-state index >= 15 is 0 Å². The van der Waals surface area contributed by atoms with E-state index in [1.165, 1.54) is 0 Å². The van der Waals surface area contributed by atoms with Crippen LogP contribution in [-0.4, -0.2) is 110 Å². The van der Waals surface area contributed by atoms with E-state index in [1.54, 1.807) is 45.2 Å². The molecule has 3 N–H and O–H groups in total. The molecule has 1 saturated heterocycles. The molecule has 0 saturated carbocycles. The third-order valence-corrected chi connectivity index (χ3v) is 12.1. The summed E-state index contributed by atoms with van der Waals surface area (Å²) in [6.45, 7) is 14.5. The first-order valence-corrected chi connectivity index (χ1v) is 22.6. The molecule has 18 nitrogen and oxygen atoms in total. The van der Waals surface area contributed by atoms with E-state index in [9.17, 15) is 36.3 Å². The van der Waals surface area contributed by atoms with Gasteiger partial charge in [0.15, 0.2) is 0 Å². The van der Waals surface area contributed by atoms with Gasteiger partial charge in [-0.3, -0.25) is 23.7 Å². The van der Waals surface area contributed by atoms with Crippen LogP contribution < -0.4 is 21.7 Å². The number of fused-ring (bicyclic) bond motifs is 2. The minimum absolute atomic E-state index is 0.173. The number of likely N-dealkylation sites (tertiary alicyclic amines) is 1. The third kappa shape index (κ3) is 11.6. The second kappa shape index (κ2) is 21.2. The standard InChI is InChI=1S/C45H56F2N12O4.C2HF3O2/c1-9-58-36(22-30(5)51-58)41(61)49-43-53(7)33-14-11-12-15-34(33)56(43)26-28(3)29(4)27-57-39-35(54(8)44(57)50-42(62)37-23-31(6)52-59(37)10-2)24-32(40(48)60)25-38(39)63-21-13-18-55-19-16-45(46,47)17-20-55;3-2(4,5)1(6)7/h11-12,14-15,22-25H,9-10,13,16-21,26-27H2,1-8H3,(H2,48,60);(H,6,7)/b29-28+,49-43?,50-44?;. The summed E-state index contributed by atoms with van der Waals surface area (Å²) in [5.74, 6) is -6.59. The fourth-order valence-corrected chi connectivity index (χ4v) is 8.24. The predicted octanol–water partition coefficient (Wildman–Crippen LogP) is 6.07. The van der Waals surface area contributed by atoms with E-state index < -0.39 is 35.8 Å². The van der Waals surface area contributed by atoms with Crippen LogP contribution in [0.1, 0.15) is 89.7 Å². The average molecular weight is 981 g/mol. The Kier molecular flexibility index (Phi) is 15.8. The van der Waals surface area contributed by atoms with Crippen LogP contribution in [0.15, 0.2) is 69.7 Å². The molecule has 0 bridgehead atoms. The number of imidazole rings is 2. The van der Waals surface area contributed by atoms with Gasteiger partial charge in [-0.05, 0) is 84.4 Å². The summed E-state index contributed by atoms with van der Waals surface area (Å²) < 4.78 is 76.7. The highest BCUT2D eigenvalue weighted by Crippen LogP contribution is 2.30. The zero-order valence-electron chi connectivity index (χ0n) is 40.3. The van der Waals surface area contributed by atoms with E-state index in [0.717, 1.165) is 27.9 Å². The van der Waals surface area contributed by atoms with Crippen LogP contribution in [0.2, 0.25) is 0 Å². The number of rotatable bonds is 14. The van der Waals surface area contributed by atoms with Crippen LogP contribution in [0, 0.1) is 13.8 Å². The molecule has 376 valence electrons. The molecule has 23 heteroatoms. The van der Waals surface area contributed by atoms with Gasteiger partial charge in [0.05, 0.1) is 34.5 Å². The zero-order chi connectivity index (χ0) is 51.4. The molecule has 4 aromatic heterocycles. The number of aliphatic carboxylic acids is 1. The summed E-state index contributed by atoms with van der Waals surface area (Å²) in [5, 5.41) is 16.0. The first kappa shape index (κ1) is 52.2. The second-order valence-corrected chi connectivity index (χ2v) is 17.2. The molecule has 0 radical (unpaired) electrons. The Morgan fingerprint density at radius 2 is 1.27 bits per heavy atom. The van der Waals surface area contributed by atoms with E-state index in [4.69, 9.17) is 25.4 Å². The van der Waals surface area contributed by atoms with Gasteiger partial charge in [-0.1, -0.05) is 23.3 Å². The molecule has 0 unspecified atom stereocenters. The largest absolute Gasteiger partial charge is 0.491 e. The number of carbonyl (C=O) groups is 4. The Hall–Kier alpha value is -7.17. The highest BCUT2D eigenvalue weighted by Gasteiger charge is 2.38. The fourth-order valence-electron chi connectivity index (χ4n) is 8.24. The second-order valence-electron chi connectivity index (χ2n) is 17.2. The lowest BCUT2D eigenvalue weighted by molar-refractivity contribution is -0.192. The van der Waals surface area contributed by atoms with Gasteiger partial charge in [-0.25, -0.2) is 13.6 Å². The van der Waals surface area contributed by atoms with Crippen molar-refractivity contribution in [3.05, 3.63) is 99.3 Å². The summed E-state index contributed by atoms with van der Waals surface area (Å²) in [6.07, 6.45) is -4.88. The molecule has 7 rings (SSSR count). The number of alkyl halides is 5. The number of aryl methyl sites for hydroxylation is 6. The molecular formula is C47H57F5N12O6. The van der Waals surface area contributed by atoms with Gasteiger partial charge in [0.2, 0.25) is 17.1 Å². The van der Waals surface area contributed by atoms with E-state index in [0.29, 0.717) is 90.8 Å². The number of hydrogen-bond donors (Lipinski definition) is 2. The highest BCUT2D eigenvalue weighted by molar-refractivity contribution is 5.99. The molecule has 5 heterocycles. The summed E-state index contributed by atoms with van der Waals surface area (Å²) in [5.41, 5.74) is 13.8. The number of benzene rings is 2. The number of halogens is 5. The zero-order valence-corrected chi connectivity index (χ0v) is 40.3. The molecule has 1 aliphatic heterocycles. The van der Waals surface area contributed by atoms with Crippen molar-refractivity contribution in [1.29, 1.82) is 0 Å². The van der Waals surface area contributed by atoms with Crippen molar-refractivity contribution in [2.45, 2.75) is 99.1 Å². The number of carbonyl (C=O) groups excluding carboxylic acids is 3. The Bertz CT molecular complexity index is 3140. The topological polar surface area (TPSA) is 207 Å². The van der Waals surface area contributed by atoms with Crippen molar-refractivity contribution < 1.29 is 51.0 Å². The molecule has 70 heavy (non-hydrogen) atoms. The molecule has 0 aliphatic carbocycles. The van der Waals surface area contributed by atoms with Crippen molar-refractivity contribution in [2.75, 3.05) is 26.2 Å². The van der Waals surface area contributed by atoms with Gasteiger partial charge >= 0.3 is 12.1 Å². The Morgan fingerprint density at radius 1 is 0.786 bits per heavy atom. The minimum atomic E-state index is -5.08. The monoisotopic (exact) mass is 980 g/mol. The van der Waals surface area contributed by atoms with Crippen LogP contribution in [0.4, 0.5) is 22.0 Å². The number of amides is 3. The summed E-state index contributed by atoms with van der Waals surface area (Å²) in [6, 6.07) is 14.6. The molecule has 1 fully saturated rings. The number of hydrogen-bond acceptors (Lipinski definition) is 8. The first-order valence-electron chi connectivity index (χ1n) is 22.6. The number of nitrogens with two attached hydrogens (primary N) is 1. The molecule has 2 aromatic carbocycles. The number of para-hydroxylation sites is 2. The Morgan fingerprint density at radius 3 is 1.77 bits per heavy atom. The Balaban J connectivity index is 0.00000107. The molecular weight excluding hydrogens is 924 g/mol. The van der Waals surface area contributed by atoms with E-state index in [1.807, 2.05) is 91.5 Å². The summed E-state index contributed by atoms with van der Waals surface area (Å²) in [7, 11) is 3.65. The summed E-state index contributed by atoms with van der Waals surface area (Å²) >= 11 is 0. The quantitative estimate of drug-likeness (QED) is 0.0737. The number of carboxylic acid groups (broad SMARTS) is 1. The molecule has 0 atom stereocenters. The third-order valence-electron chi connectivity index (χ3n) is 12.1. The number of ether oxygens (including phenoxy) is 1. The molecule has 1 aliphatic rings. The van der Waals surface area contributed by atoms with Crippen LogP contribution in [0.25, 0.3) is 22.1 Å². The van der Waals surface area contributed by atoms with Crippen LogP contribution in [0.3, 0.4) is 0 Å². The maximum atomic E-state index is 14.0. The van der Waals surface area contributed by atoms with Gasteiger partial charge in [0, 0.05) is 78.3 Å². The number of aromatic nitrogens is 8. The van der Waals surface area contributed by atoms with Crippen LogP contribution >= 0.6 is 0 Å². The van der Waals surface area contributed by atoms with Gasteiger partial charge in [0.25, 0.3) is 17.7 Å². The highest BCUT2D eigenvalue weighted by atomic mass is 19.4.